The molecule has 0 atom stereocenters. The summed E-state index contributed by atoms with van der Waals surface area (Å²) < 4.78 is 9.61. The van der Waals surface area contributed by atoms with Gasteiger partial charge in [0.25, 0.3) is 0 Å². The highest BCUT2D eigenvalue weighted by atomic mass is 16.5. The molecule has 0 unspecified atom stereocenters. The van der Waals surface area contributed by atoms with Gasteiger partial charge in [-0.25, -0.2) is 14.8 Å². The first-order valence-electron chi connectivity index (χ1n) is 6.62. The summed E-state index contributed by atoms with van der Waals surface area (Å²) in [7, 11) is 2.96. The lowest BCUT2D eigenvalue weighted by Gasteiger charge is -2.06. The van der Waals surface area contributed by atoms with Crippen molar-refractivity contribution in [3.8, 4) is 11.3 Å². The third kappa shape index (κ3) is 3.67. The zero-order valence-corrected chi connectivity index (χ0v) is 12.4. The smallest absolute Gasteiger partial charge is 0.337 e. The van der Waals surface area contributed by atoms with Crippen molar-refractivity contribution in [2.45, 2.75) is 0 Å². The van der Waals surface area contributed by atoms with Crippen molar-refractivity contribution < 1.29 is 14.3 Å². The van der Waals surface area contributed by atoms with Crippen LogP contribution in [0.3, 0.4) is 0 Å². The van der Waals surface area contributed by atoms with Gasteiger partial charge in [-0.1, -0.05) is 18.2 Å². The van der Waals surface area contributed by atoms with E-state index in [1.807, 2.05) is 12.2 Å². The number of carbonyl (C=O) groups is 1. The number of nitrogens with two attached hydrogens (primary N) is 1. The van der Waals surface area contributed by atoms with Crippen molar-refractivity contribution in [3.63, 3.8) is 0 Å². The summed E-state index contributed by atoms with van der Waals surface area (Å²) in [6.45, 7) is 0.495. The number of anilines is 1. The molecule has 6 nitrogen and oxygen atoms in total. The lowest BCUT2D eigenvalue weighted by molar-refractivity contribution is 0.0601. The van der Waals surface area contributed by atoms with E-state index in [-0.39, 0.29) is 5.97 Å². The van der Waals surface area contributed by atoms with Gasteiger partial charge in [0.05, 0.1) is 31.2 Å². The van der Waals surface area contributed by atoms with Gasteiger partial charge in [0, 0.05) is 12.7 Å². The normalized spacial score (nSPS) is 10.8. The number of methoxy groups -OCH3 is 2. The van der Waals surface area contributed by atoms with Crippen LogP contribution in [0.1, 0.15) is 16.1 Å². The van der Waals surface area contributed by atoms with Gasteiger partial charge in [0.15, 0.2) is 0 Å². The van der Waals surface area contributed by atoms with Gasteiger partial charge in [-0.2, -0.15) is 0 Å². The Hall–Kier alpha value is -2.73. The lowest BCUT2D eigenvalue weighted by atomic mass is 10.1. The van der Waals surface area contributed by atoms with E-state index in [0.717, 1.165) is 5.56 Å². The molecule has 114 valence electrons. The Labute approximate surface area is 128 Å². The quantitative estimate of drug-likeness (QED) is 0.851. The molecule has 0 bridgehead atoms. The van der Waals surface area contributed by atoms with Crippen LogP contribution in [0.15, 0.2) is 36.5 Å². The van der Waals surface area contributed by atoms with E-state index in [2.05, 4.69) is 14.7 Å². The van der Waals surface area contributed by atoms with E-state index in [0.29, 0.717) is 29.4 Å². The molecule has 1 aromatic heterocycles. The average molecular weight is 299 g/mol. The molecule has 0 aliphatic heterocycles. The van der Waals surface area contributed by atoms with Crippen LogP contribution in [0.5, 0.6) is 0 Å². The van der Waals surface area contributed by atoms with Gasteiger partial charge in [-0.05, 0) is 18.2 Å². The van der Waals surface area contributed by atoms with Crippen molar-refractivity contribution in [2.75, 3.05) is 26.6 Å². The molecule has 0 aliphatic rings. The third-order valence-electron chi connectivity index (χ3n) is 2.95. The molecule has 0 spiro atoms. The maximum Gasteiger partial charge on any atom is 0.337 e. The Morgan fingerprint density at radius 3 is 2.64 bits per heavy atom. The third-order valence-corrected chi connectivity index (χ3v) is 2.95. The van der Waals surface area contributed by atoms with E-state index < -0.39 is 0 Å². The van der Waals surface area contributed by atoms with Crippen molar-refractivity contribution >= 4 is 17.9 Å². The Balaban J connectivity index is 2.31. The first-order valence-corrected chi connectivity index (χ1v) is 6.62. The highest BCUT2D eigenvalue weighted by Crippen LogP contribution is 2.23. The van der Waals surface area contributed by atoms with Crippen LogP contribution in [-0.2, 0) is 9.47 Å². The summed E-state index contributed by atoms with van der Waals surface area (Å²) in [5.41, 5.74) is 8.38. The molecule has 2 N–H and O–H groups in total. The van der Waals surface area contributed by atoms with Crippen LogP contribution in [-0.4, -0.2) is 36.8 Å². The van der Waals surface area contributed by atoms with E-state index in [4.69, 9.17) is 10.5 Å². The van der Waals surface area contributed by atoms with Crippen LogP contribution in [0, 0.1) is 0 Å². The highest BCUT2D eigenvalue weighted by Gasteiger charge is 2.09. The summed E-state index contributed by atoms with van der Waals surface area (Å²) in [5, 5.41) is 0. The standard InChI is InChI=1S/C16H17N3O3/c1-21-9-3-4-13-10-18-15(17)14(19-13)11-5-7-12(8-6-11)16(20)22-2/h3-8,10H,9H2,1-2H3,(H2,17,18). The zero-order valence-electron chi connectivity index (χ0n) is 12.4. The largest absolute Gasteiger partial charge is 0.465 e. The molecule has 2 rings (SSSR count). The molecule has 1 heterocycles. The molecule has 0 amide bonds. The Kier molecular flexibility index (Phi) is 5.21. The Bertz CT molecular complexity index is 682. The van der Waals surface area contributed by atoms with E-state index >= 15 is 0 Å². The maximum absolute atomic E-state index is 11.4. The van der Waals surface area contributed by atoms with Gasteiger partial charge in [0.2, 0.25) is 0 Å². The van der Waals surface area contributed by atoms with Crippen LogP contribution in [0.4, 0.5) is 5.82 Å². The molecular weight excluding hydrogens is 282 g/mol. The van der Waals surface area contributed by atoms with Crippen LogP contribution < -0.4 is 5.73 Å². The number of carbonyl (C=O) groups excluding carboxylic acids is 1. The molecule has 0 saturated heterocycles. The van der Waals surface area contributed by atoms with Gasteiger partial charge in [0.1, 0.15) is 11.5 Å². The zero-order chi connectivity index (χ0) is 15.9. The summed E-state index contributed by atoms with van der Waals surface area (Å²) in [6, 6.07) is 6.84. The number of benzene rings is 1. The van der Waals surface area contributed by atoms with E-state index in [1.165, 1.54) is 7.11 Å². The molecule has 1 aromatic carbocycles. The predicted octanol–water partition coefficient (Wildman–Crippen LogP) is 2.17. The number of ether oxygens (including phenoxy) is 2. The summed E-state index contributed by atoms with van der Waals surface area (Å²) in [6.07, 6.45) is 5.24. The molecule has 22 heavy (non-hydrogen) atoms. The summed E-state index contributed by atoms with van der Waals surface area (Å²) in [5.74, 6) is -0.0587. The monoisotopic (exact) mass is 299 g/mol. The van der Waals surface area contributed by atoms with Gasteiger partial charge in [-0.3, -0.25) is 0 Å². The second-order valence-corrected chi connectivity index (χ2v) is 4.46. The topological polar surface area (TPSA) is 87.3 Å². The fourth-order valence-corrected chi connectivity index (χ4v) is 1.85. The minimum absolute atomic E-state index is 0.328. The summed E-state index contributed by atoms with van der Waals surface area (Å²) >= 11 is 0. The van der Waals surface area contributed by atoms with E-state index in [1.54, 1.807) is 37.6 Å². The highest BCUT2D eigenvalue weighted by molar-refractivity contribution is 5.90. The Morgan fingerprint density at radius 1 is 1.27 bits per heavy atom. The average Bonchev–Trinajstić information content (AvgIpc) is 2.56. The lowest BCUT2D eigenvalue weighted by Crippen LogP contribution is -2.02. The minimum atomic E-state index is -0.387. The number of nitrogen functional groups attached to an aromatic ring is 1. The SMILES string of the molecule is COCC=Cc1cnc(N)c(-c2ccc(C(=O)OC)cc2)n1. The molecular formula is C16H17N3O3. The maximum atomic E-state index is 11.4. The fraction of sp³-hybridized carbons (Fsp3) is 0.188. The number of hydrogen-bond donors (Lipinski definition) is 1. The van der Waals surface area contributed by atoms with Crippen LogP contribution in [0.25, 0.3) is 17.3 Å². The summed E-state index contributed by atoms with van der Waals surface area (Å²) in [4.78, 5) is 20.0. The molecule has 2 aromatic rings. The van der Waals surface area contributed by atoms with Gasteiger partial charge in [-0.15, -0.1) is 0 Å². The second kappa shape index (κ2) is 7.33. The second-order valence-electron chi connectivity index (χ2n) is 4.46. The number of rotatable bonds is 5. The minimum Gasteiger partial charge on any atom is -0.465 e. The number of hydrogen-bond acceptors (Lipinski definition) is 6. The van der Waals surface area contributed by atoms with Crippen molar-refractivity contribution in [1.29, 1.82) is 0 Å². The number of nitrogens with zero attached hydrogens (tertiary/aromatic N) is 2. The van der Waals surface area contributed by atoms with Crippen LogP contribution >= 0.6 is 0 Å². The van der Waals surface area contributed by atoms with Gasteiger partial charge < -0.3 is 15.2 Å². The molecule has 0 fully saturated rings. The molecule has 6 heteroatoms. The first kappa shape index (κ1) is 15.7. The van der Waals surface area contributed by atoms with Gasteiger partial charge >= 0.3 is 5.97 Å². The molecule has 0 saturated carbocycles. The van der Waals surface area contributed by atoms with Crippen molar-refractivity contribution in [1.82, 2.24) is 9.97 Å². The molecule has 0 aliphatic carbocycles. The Morgan fingerprint density at radius 2 is 2.00 bits per heavy atom. The molecule has 0 radical (unpaired) electrons. The predicted molar refractivity (Wildman–Crippen MR) is 84.1 cm³/mol. The van der Waals surface area contributed by atoms with Crippen LogP contribution in [0.2, 0.25) is 0 Å². The number of aromatic nitrogens is 2. The van der Waals surface area contributed by atoms with Crippen molar-refractivity contribution in [3.05, 3.63) is 47.8 Å². The number of esters is 1. The van der Waals surface area contributed by atoms with Crippen molar-refractivity contribution in [2.24, 2.45) is 0 Å². The fourth-order valence-electron chi connectivity index (χ4n) is 1.85. The van der Waals surface area contributed by atoms with E-state index in [9.17, 15) is 4.79 Å². The first-order chi connectivity index (χ1) is 10.7.